The van der Waals surface area contributed by atoms with E-state index in [1.165, 1.54) is 6.07 Å². The molecular weight excluding hydrogens is 198 g/mol. The minimum atomic E-state index is 0.0841. The van der Waals surface area contributed by atoms with Crippen molar-refractivity contribution >= 4 is 0 Å². The second-order valence-corrected chi connectivity index (χ2v) is 3.31. The first-order valence-electron chi connectivity index (χ1n) is 4.79. The van der Waals surface area contributed by atoms with Gasteiger partial charge < -0.3 is 19.8 Å². The Hall–Kier alpha value is -1.46. The fourth-order valence-corrected chi connectivity index (χ4v) is 1.47. The predicted octanol–water partition coefficient (Wildman–Crippen LogP) is 1.03. The van der Waals surface area contributed by atoms with Crippen LogP contribution in [0.25, 0.3) is 0 Å². The van der Waals surface area contributed by atoms with Crippen LogP contribution in [0.4, 0.5) is 0 Å². The molecule has 1 aliphatic heterocycles. The maximum Gasteiger partial charge on any atom is 0.164 e. The molecule has 0 radical (unpaired) electrons. The molecule has 1 aliphatic rings. The van der Waals surface area contributed by atoms with Gasteiger partial charge in [0, 0.05) is 24.6 Å². The minimum absolute atomic E-state index is 0.0841. The third-order valence-corrected chi connectivity index (χ3v) is 2.22. The van der Waals surface area contributed by atoms with Gasteiger partial charge in [-0.3, -0.25) is 0 Å². The maximum absolute atomic E-state index is 9.60. The van der Waals surface area contributed by atoms with E-state index in [0.717, 1.165) is 6.42 Å². The van der Waals surface area contributed by atoms with Crippen LogP contribution in [-0.2, 0) is 6.54 Å². The fourth-order valence-electron chi connectivity index (χ4n) is 1.47. The van der Waals surface area contributed by atoms with Crippen molar-refractivity contribution in [3.8, 4) is 17.2 Å². The fraction of sp³-hybridized carbons (Fsp3) is 0.400. The molecule has 0 bridgehead atoms. The monoisotopic (exact) mass is 211 g/mol. The number of fused-ring (bicyclic) bond motifs is 1. The zero-order valence-corrected chi connectivity index (χ0v) is 8.19. The van der Waals surface area contributed by atoms with Gasteiger partial charge in [0.25, 0.3) is 0 Å². The molecule has 0 amide bonds. The number of phenols is 1. The van der Waals surface area contributed by atoms with E-state index in [0.29, 0.717) is 30.3 Å². The van der Waals surface area contributed by atoms with Crippen LogP contribution < -0.4 is 15.0 Å². The molecule has 0 saturated heterocycles. The lowest BCUT2D eigenvalue weighted by Crippen LogP contribution is -2.06. The molecule has 0 aromatic heterocycles. The van der Waals surface area contributed by atoms with Gasteiger partial charge in [-0.2, -0.15) is 0 Å². The van der Waals surface area contributed by atoms with Crippen LogP contribution in [0.3, 0.4) is 0 Å². The lowest BCUT2D eigenvalue weighted by atomic mass is 10.2. The van der Waals surface area contributed by atoms with E-state index < -0.39 is 0 Å². The van der Waals surface area contributed by atoms with Gasteiger partial charge in [0.05, 0.1) is 13.2 Å². The Bertz CT molecular complexity index is 354. The van der Waals surface area contributed by atoms with Crippen molar-refractivity contribution in [2.75, 3.05) is 13.2 Å². The highest BCUT2D eigenvalue weighted by molar-refractivity contribution is 5.50. The van der Waals surface area contributed by atoms with E-state index in [4.69, 9.17) is 14.7 Å². The Morgan fingerprint density at radius 1 is 1.20 bits per heavy atom. The van der Waals surface area contributed by atoms with Gasteiger partial charge in [-0.1, -0.05) is 0 Å². The third kappa shape index (κ3) is 2.14. The number of hydrogen-bond acceptors (Lipinski definition) is 5. The lowest BCUT2D eigenvalue weighted by molar-refractivity contribution is 0.160. The zero-order valence-electron chi connectivity index (χ0n) is 8.19. The summed E-state index contributed by atoms with van der Waals surface area (Å²) in [7, 11) is 0. The smallest absolute Gasteiger partial charge is 0.164 e. The number of hydrogen-bond donors (Lipinski definition) is 3. The van der Waals surface area contributed by atoms with Gasteiger partial charge in [0.15, 0.2) is 11.5 Å². The van der Waals surface area contributed by atoms with Crippen LogP contribution in [-0.4, -0.2) is 23.5 Å². The van der Waals surface area contributed by atoms with Gasteiger partial charge in [-0.15, -0.1) is 0 Å². The summed E-state index contributed by atoms with van der Waals surface area (Å²) in [4.78, 5) is 0. The molecule has 0 unspecified atom stereocenters. The van der Waals surface area contributed by atoms with Crippen LogP contribution in [0, 0.1) is 0 Å². The lowest BCUT2D eigenvalue weighted by Gasteiger charge is -2.10. The van der Waals surface area contributed by atoms with E-state index in [1.807, 2.05) is 5.48 Å². The standard InChI is InChI=1S/C10H13NO4/c12-8-5-10-9(4-7(8)6-11-13)14-2-1-3-15-10/h4-5,11-13H,1-3,6H2. The van der Waals surface area contributed by atoms with E-state index in [9.17, 15) is 5.11 Å². The number of benzene rings is 1. The topological polar surface area (TPSA) is 71.0 Å². The van der Waals surface area contributed by atoms with Crippen molar-refractivity contribution in [2.45, 2.75) is 13.0 Å². The largest absolute Gasteiger partial charge is 0.507 e. The SMILES string of the molecule is ONCc1cc2c(cc1O)OCCCO2. The number of ether oxygens (including phenoxy) is 2. The Morgan fingerprint density at radius 2 is 1.87 bits per heavy atom. The zero-order chi connectivity index (χ0) is 10.7. The molecule has 5 nitrogen and oxygen atoms in total. The van der Waals surface area contributed by atoms with E-state index in [-0.39, 0.29) is 12.3 Å². The predicted molar refractivity (Wildman–Crippen MR) is 52.3 cm³/mol. The van der Waals surface area contributed by atoms with E-state index in [1.54, 1.807) is 6.07 Å². The number of rotatable bonds is 2. The Balaban J connectivity index is 2.33. The molecule has 15 heavy (non-hydrogen) atoms. The summed E-state index contributed by atoms with van der Waals surface area (Å²) in [6, 6.07) is 3.17. The van der Waals surface area contributed by atoms with E-state index in [2.05, 4.69) is 0 Å². The number of nitrogens with one attached hydrogen (secondary N) is 1. The Labute approximate surface area is 87.2 Å². The summed E-state index contributed by atoms with van der Waals surface area (Å²) in [6.07, 6.45) is 0.822. The first-order valence-corrected chi connectivity index (χ1v) is 4.79. The quantitative estimate of drug-likeness (QED) is 0.637. The second kappa shape index (κ2) is 4.37. The highest BCUT2D eigenvalue weighted by Crippen LogP contribution is 2.35. The third-order valence-electron chi connectivity index (χ3n) is 2.22. The van der Waals surface area contributed by atoms with Gasteiger partial charge >= 0.3 is 0 Å². The Kier molecular flexibility index (Phi) is 2.94. The van der Waals surface area contributed by atoms with Crippen molar-refractivity contribution < 1.29 is 19.8 Å². The summed E-state index contributed by atoms with van der Waals surface area (Å²) in [5, 5.41) is 18.2. The molecule has 82 valence electrons. The Morgan fingerprint density at radius 3 is 2.53 bits per heavy atom. The molecule has 0 spiro atoms. The molecule has 5 heteroatoms. The van der Waals surface area contributed by atoms with Crippen LogP contribution in [0.5, 0.6) is 17.2 Å². The minimum Gasteiger partial charge on any atom is -0.507 e. The average molecular weight is 211 g/mol. The van der Waals surface area contributed by atoms with Crippen molar-refractivity contribution in [1.82, 2.24) is 5.48 Å². The molecule has 0 fully saturated rings. The van der Waals surface area contributed by atoms with Gasteiger partial charge in [0.2, 0.25) is 0 Å². The summed E-state index contributed by atoms with van der Waals surface area (Å²) in [5.74, 6) is 1.24. The maximum atomic E-state index is 9.60. The highest BCUT2D eigenvalue weighted by Gasteiger charge is 2.14. The van der Waals surface area contributed by atoms with Crippen LogP contribution in [0.1, 0.15) is 12.0 Å². The molecule has 0 aliphatic carbocycles. The van der Waals surface area contributed by atoms with Crippen molar-refractivity contribution in [2.24, 2.45) is 0 Å². The van der Waals surface area contributed by atoms with Crippen molar-refractivity contribution in [3.05, 3.63) is 17.7 Å². The first-order chi connectivity index (χ1) is 7.31. The highest BCUT2D eigenvalue weighted by atomic mass is 16.5. The normalized spacial score (nSPS) is 14.7. The van der Waals surface area contributed by atoms with E-state index >= 15 is 0 Å². The summed E-state index contributed by atoms with van der Waals surface area (Å²) in [5.41, 5.74) is 2.56. The van der Waals surface area contributed by atoms with Crippen LogP contribution in [0.2, 0.25) is 0 Å². The molecule has 0 saturated carbocycles. The molecule has 3 N–H and O–H groups in total. The number of hydroxylamine groups is 1. The molecule has 1 aromatic carbocycles. The molecule has 1 heterocycles. The van der Waals surface area contributed by atoms with Crippen molar-refractivity contribution in [1.29, 1.82) is 0 Å². The second-order valence-electron chi connectivity index (χ2n) is 3.31. The molecular formula is C10H13NO4. The average Bonchev–Trinajstić information content (AvgIpc) is 2.44. The van der Waals surface area contributed by atoms with Crippen LogP contribution >= 0.6 is 0 Å². The molecule has 1 aromatic rings. The van der Waals surface area contributed by atoms with Crippen LogP contribution in [0.15, 0.2) is 12.1 Å². The first kappa shape index (κ1) is 10.1. The number of phenolic OH excluding ortho intramolecular Hbond substituents is 1. The van der Waals surface area contributed by atoms with Gasteiger partial charge in [-0.25, -0.2) is 5.48 Å². The summed E-state index contributed by atoms with van der Waals surface area (Å²) in [6.45, 7) is 1.36. The molecule has 0 atom stereocenters. The van der Waals surface area contributed by atoms with Gasteiger partial charge in [-0.05, 0) is 6.07 Å². The summed E-state index contributed by atoms with van der Waals surface area (Å²) < 4.78 is 10.8. The molecule has 2 rings (SSSR count). The van der Waals surface area contributed by atoms with Crippen molar-refractivity contribution in [3.63, 3.8) is 0 Å². The summed E-state index contributed by atoms with van der Waals surface area (Å²) >= 11 is 0. The van der Waals surface area contributed by atoms with Gasteiger partial charge in [0.1, 0.15) is 5.75 Å². The number of aromatic hydroxyl groups is 1.